The molecule has 0 spiro atoms. The van der Waals surface area contributed by atoms with E-state index in [0.29, 0.717) is 0 Å². The Bertz CT molecular complexity index is 158. The summed E-state index contributed by atoms with van der Waals surface area (Å²) in [6.45, 7) is 9.30. The molecule has 1 rings (SSSR count). The van der Waals surface area contributed by atoms with Crippen molar-refractivity contribution in [1.29, 1.82) is 0 Å². The van der Waals surface area contributed by atoms with Crippen molar-refractivity contribution in [2.75, 3.05) is 46.4 Å². The van der Waals surface area contributed by atoms with Crippen LogP contribution in [0.3, 0.4) is 0 Å². The van der Waals surface area contributed by atoms with Crippen molar-refractivity contribution in [2.24, 2.45) is 5.92 Å². The summed E-state index contributed by atoms with van der Waals surface area (Å²) in [7, 11) is 1.80. The first-order valence-electron chi connectivity index (χ1n) is 6.78. The van der Waals surface area contributed by atoms with Gasteiger partial charge >= 0.3 is 0 Å². The molecule has 16 heavy (non-hydrogen) atoms. The number of methoxy groups -OCH3 is 1. The fourth-order valence-electron chi connectivity index (χ4n) is 2.38. The SMILES string of the molecule is CC[C@H](CCCN1CCNCC1)CCOC. The third kappa shape index (κ3) is 5.83. The Morgan fingerprint density at radius 1 is 1.25 bits per heavy atom. The van der Waals surface area contributed by atoms with Crippen LogP contribution in [0.1, 0.15) is 32.6 Å². The largest absolute Gasteiger partial charge is 0.385 e. The molecule has 3 nitrogen and oxygen atoms in total. The van der Waals surface area contributed by atoms with Gasteiger partial charge in [0.05, 0.1) is 0 Å². The van der Waals surface area contributed by atoms with Crippen molar-refractivity contribution in [1.82, 2.24) is 10.2 Å². The second-order valence-electron chi connectivity index (χ2n) is 4.79. The van der Waals surface area contributed by atoms with Crippen LogP contribution >= 0.6 is 0 Å². The number of ether oxygens (including phenoxy) is 1. The molecule has 1 aliphatic heterocycles. The van der Waals surface area contributed by atoms with Gasteiger partial charge in [-0.25, -0.2) is 0 Å². The molecule has 0 unspecified atom stereocenters. The minimum atomic E-state index is 0.864. The van der Waals surface area contributed by atoms with Crippen molar-refractivity contribution in [3.8, 4) is 0 Å². The summed E-state index contributed by atoms with van der Waals surface area (Å²) in [5, 5.41) is 3.39. The quantitative estimate of drug-likeness (QED) is 0.685. The van der Waals surface area contributed by atoms with E-state index in [1.165, 1.54) is 58.4 Å². The predicted octanol–water partition coefficient (Wildman–Crippen LogP) is 1.73. The average molecular weight is 228 g/mol. The summed E-state index contributed by atoms with van der Waals surface area (Å²) >= 11 is 0. The average Bonchev–Trinajstić information content (AvgIpc) is 2.35. The highest BCUT2D eigenvalue weighted by molar-refractivity contribution is 4.68. The Kier molecular flexibility index (Phi) is 7.81. The summed E-state index contributed by atoms with van der Waals surface area (Å²) in [5.74, 6) is 0.864. The van der Waals surface area contributed by atoms with E-state index < -0.39 is 0 Å². The summed E-state index contributed by atoms with van der Waals surface area (Å²) in [6, 6.07) is 0. The Balaban J connectivity index is 2.02. The van der Waals surface area contributed by atoms with Crippen LogP contribution < -0.4 is 5.32 Å². The van der Waals surface area contributed by atoms with Gasteiger partial charge in [0.2, 0.25) is 0 Å². The smallest absolute Gasteiger partial charge is 0.0464 e. The molecular weight excluding hydrogens is 200 g/mol. The van der Waals surface area contributed by atoms with Gasteiger partial charge in [-0.15, -0.1) is 0 Å². The topological polar surface area (TPSA) is 24.5 Å². The summed E-state index contributed by atoms with van der Waals surface area (Å²) in [6.07, 6.45) is 5.24. The maximum Gasteiger partial charge on any atom is 0.0464 e. The molecule has 1 heterocycles. The molecule has 3 heteroatoms. The lowest BCUT2D eigenvalue weighted by molar-refractivity contribution is 0.169. The standard InChI is InChI=1S/C13H28N2O/c1-3-13(6-12-16-2)5-4-9-15-10-7-14-8-11-15/h13-14H,3-12H2,1-2H3/t13-/m1/s1. The second-order valence-corrected chi connectivity index (χ2v) is 4.79. The molecule has 1 N–H and O–H groups in total. The molecule has 0 aromatic heterocycles. The van der Waals surface area contributed by atoms with Gasteiger partial charge in [0.1, 0.15) is 0 Å². The lowest BCUT2D eigenvalue weighted by Gasteiger charge is -2.27. The third-order valence-electron chi connectivity index (χ3n) is 3.60. The van der Waals surface area contributed by atoms with Crippen LogP contribution in [0.15, 0.2) is 0 Å². The first-order chi connectivity index (χ1) is 7.86. The molecule has 0 bridgehead atoms. The van der Waals surface area contributed by atoms with E-state index in [2.05, 4.69) is 17.1 Å². The van der Waals surface area contributed by atoms with Crippen LogP contribution in [0.2, 0.25) is 0 Å². The summed E-state index contributed by atoms with van der Waals surface area (Å²) in [4.78, 5) is 2.58. The van der Waals surface area contributed by atoms with Crippen molar-refractivity contribution in [3.05, 3.63) is 0 Å². The third-order valence-corrected chi connectivity index (χ3v) is 3.60. The van der Waals surface area contributed by atoms with E-state index in [-0.39, 0.29) is 0 Å². The molecule has 1 aliphatic rings. The Labute approximate surface area is 101 Å². The van der Waals surface area contributed by atoms with Gasteiger partial charge in [0.25, 0.3) is 0 Å². The predicted molar refractivity (Wildman–Crippen MR) is 68.8 cm³/mol. The Morgan fingerprint density at radius 2 is 2.00 bits per heavy atom. The van der Waals surface area contributed by atoms with E-state index in [1.54, 1.807) is 7.11 Å². The number of nitrogens with one attached hydrogen (secondary N) is 1. The Morgan fingerprint density at radius 3 is 2.62 bits per heavy atom. The van der Waals surface area contributed by atoms with E-state index >= 15 is 0 Å². The van der Waals surface area contributed by atoms with Crippen LogP contribution in [-0.4, -0.2) is 51.3 Å². The number of hydrogen-bond acceptors (Lipinski definition) is 3. The van der Waals surface area contributed by atoms with E-state index in [9.17, 15) is 0 Å². The van der Waals surface area contributed by atoms with E-state index in [1.807, 2.05) is 0 Å². The van der Waals surface area contributed by atoms with Crippen LogP contribution in [0.25, 0.3) is 0 Å². The van der Waals surface area contributed by atoms with Crippen LogP contribution in [0.5, 0.6) is 0 Å². The molecule has 0 aromatic carbocycles. The zero-order chi connectivity index (χ0) is 11.6. The van der Waals surface area contributed by atoms with Crippen molar-refractivity contribution in [3.63, 3.8) is 0 Å². The monoisotopic (exact) mass is 228 g/mol. The zero-order valence-electron chi connectivity index (χ0n) is 11.0. The molecule has 1 atom stereocenters. The summed E-state index contributed by atoms with van der Waals surface area (Å²) in [5.41, 5.74) is 0. The number of rotatable bonds is 8. The molecule has 0 saturated carbocycles. The molecule has 1 fully saturated rings. The molecule has 0 radical (unpaired) electrons. The minimum Gasteiger partial charge on any atom is -0.385 e. The van der Waals surface area contributed by atoms with Gasteiger partial charge in [0, 0.05) is 39.9 Å². The van der Waals surface area contributed by atoms with Gasteiger partial charge in [-0.05, 0) is 31.7 Å². The number of nitrogens with zero attached hydrogens (tertiary/aromatic N) is 1. The normalized spacial score (nSPS) is 19.9. The van der Waals surface area contributed by atoms with Crippen molar-refractivity contribution in [2.45, 2.75) is 32.6 Å². The van der Waals surface area contributed by atoms with Crippen molar-refractivity contribution < 1.29 is 4.74 Å². The van der Waals surface area contributed by atoms with Crippen LogP contribution in [0, 0.1) is 5.92 Å². The van der Waals surface area contributed by atoms with Gasteiger partial charge < -0.3 is 15.0 Å². The Hall–Kier alpha value is -0.120. The minimum absolute atomic E-state index is 0.864. The van der Waals surface area contributed by atoms with Gasteiger partial charge in [-0.1, -0.05) is 13.3 Å². The lowest BCUT2D eigenvalue weighted by atomic mass is 9.97. The number of hydrogen-bond donors (Lipinski definition) is 1. The highest BCUT2D eigenvalue weighted by Crippen LogP contribution is 2.15. The molecular formula is C13H28N2O. The highest BCUT2D eigenvalue weighted by Gasteiger charge is 2.10. The molecule has 0 aromatic rings. The zero-order valence-corrected chi connectivity index (χ0v) is 11.0. The lowest BCUT2D eigenvalue weighted by Crippen LogP contribution is -2.43. The van der Waals surface area contributed by atoms with Crippen molar-refractivity contribution >= 4 is 0 Å². The highest BCUT2D eigenvalue weighted by atomic mass is 16.5. The molecule has 1 saturated heterocycles. The second kappa shape index (κ2) is 8.97. The number of piperazine rings is 1. The van der Waals surface area contributed by atoms with Gasteiger partial charge in [-0.2, -0.15) is 0 Å². The first kappa shape index (κ1) is 13.9. The maximum absolute atomic E-state index is 5.15. The van der Waals surface area contributed by atoms with E-state index in [4.69, 9.17) is 4.74 Å². The van der Waals surface area contributed by atoms with Crippen LogP contribution in [-0.2, 0) is 4.74 Å². The first-order valence-corrected chi connectivity index (χ1v) is 6.78. The fraction of sp³-hybridized carbons (Fsp3) is 1.00. The molecule has 0 amide bonds. The fourth-order valence-corrected chi connectivity index (χ4v) is 2.38. The summed E-state index contributed by atoms with van der Waals surface area (Å²) < 4.78 is 5.15. The van der Waals surface area contributed by atoms with Gasteiger partial charge in [-0.3, -0.25) is 0 Å². The van der Waals surface area contributed by atoms with Gasteiger partial charge in [0.15, 0.2) is 0 Å². The van der Waals surface area contributed by atoms with E-state index in [0.717, 1.165) is 12.5 Å². The maximum atomic E-state index is 5.15. The van der Waals surface area contributed by atoms with Crippen LogP contribution in [0.4, 0.5) is 0 Å². The molecule has 96 valence electrons. The molecule has 0 aliphatic carbocycles.